The van der Waals surface area contributed by atoms with Gasteiger partial charge in [-0.25, -0.2) is 4.98 Å². The molecular formula is C15H15N3S. The Labute approximate surface area is 116 Å². The molecule has 0 amide bonds. The molecular weight excluding hydrogens is 254 g/mol. The molecule has 3 nitrogen and oxygen atoms in total. The minimum absolute atomic E-state index is 0.230. The molecule has 0 aliphatic carbocycles. The van der Waals surface area contributed by atoms with Gasteiger partial charge in [-0.2, -0.15) is 0 Å². The standard InChI is InChI=1S/C15H15N3S/c1-11(12-6-4-5-9-16-12)17-10-15-18-13-7-2-3-8-14(13)19-15/h2-9,11,17H,10H2,1H3. The lowest BCUT2D eigenvalue weighted by Gasteiger charge is -2.11. The summed E-state index contributed by atoms with van der Waals surface area (Å²) in [6, 6.07) is 14.5. The molecule has 3 aromatic rings. The van der Waals surface area contributed by atoms with Crippen molar-refractivity contribution in [3.05, 3.63) is 59.4 Å². The van der Waals surface area contributed by atoms with Crippen LogP contribution >= 0.6 is 11.3 Å². The molecule has 2 heterocycles. The lowest BCUT2D eigenvalue weighted by molar-refractivity contribution is 0.560. The van der Waals surface area contributed by atoms with Gasteiger partial charge in [-0.1, -0.05) is 18.2 Å². The monoisotopic (exact) mass is 269 g/mol. The van der Waals surface area contributed by atoms with Crippen LogP contribution in [0.3, 0.4) is 0 Å². The maximum absolute atomic E-state index is 4.61. The minimum Gasteiger partial charge on any atom is -0.302 e. The molecule has 0 bridgehead atoms. The molecule has 2 aromatic heterocycles. The van der Waals surface area contributed by atoms with Crippen LogP contribution in [0.2, 0.25) is 0 Å². The Morgan fingerprint density at radius 3 is 2.79 bits per heavy atom. The lowest BCUT2D eigenvalue weighted by Crippen LogP contribution is -2.18. The van der Waals surface area contributed by atoms with Crippen LogP contribution in [-0.4, -0.2) is 9.97 Å². The average molecular weight is 269 g/mol. The normalized spacial score (nSPS) is 12.7. The summed E-state index contributed by atoms with van der Waals surface area (Å²) in [5.74, 6) is 0. The number of hydrogen-bond acceptors (Lipinski definition) is 4. The van der Waals surface area contributed by atoms with Gasteiger partial charge >= 0.3 is 0 Å². The Balaban J connectivity index is 1.69. The van der Waals surface area contributed by atoms with Crippen molar-refractivity contribution in [3.63, 3.8) is 0 Å². The van der Waals surface area contributed by atoms with Crippen LogP contribution in [0.25, 0.3) is 10.2 Å². The molecule has 0 saturated heterocycles. The quantitative estimate of drug-likeness (QED) is 0.787. The van der Waals surface area contributed by atoms with E-state index in [-0.39, 0.29) is 6.04 Å². The molecule has 0 spiro atoms. The number of nitrogens with one attached hydrogen (secondary N) is 1. The van der Waals surface area contributed by atoms with E-state index in [0.29, 0.717) is 0 Å². The molecule has 96 valence electrons. The van der Waals surface area contributed by atoms with Crippen molar-refractivity contribution in [1.29, 1.82) is 0 Å². The fourth-order valence-electron chi connectivity index (χ4n) is 1.97. The zero-order chi connectivity index (χ0) is 13.1. The number of benzene rings is 1. The maximum atomic E-state index is 4.61. The van der Waals surface area contributed by atoms with Crippen LogP contribution in [0, 0.1) is 0 Å². The molecule has 3 rings (SSSR count). The Hall–Kier alpha value is -1.78. The van der Waals surface area contributed by atoms with Gasteiger partial charge in [-0.3, -0.25) is 4.98 Å². The molecule has 0 saturated carbocycles. The summed E-state index contributed by atoms with van der Waals surface area (Å²) in [4.78, 5) is 8.97. The van der Waals surface area contributed by atoms with Crippen molar-refractivity contribution in [3.8, 4) is 0 Å². The first kappa shape index (κ1) is 12.3. The van der Waals surface area contributed by atoms with Crippen LogP contribution in [0.15, 0.2) is 48.7 Å². The Bertz CT molecular complexity index is 630. The first-order valence-electron chi connectivity index (χ1n) is 6.32. The van der Waals surface area contributed by atoms with Crippen LogP contribution in [0.1, 0.15) is 23.7 Å². The van der Waals surface area contributed by atoms with Crippen molar-refractivity contribution in [1.82, 2.24) is 15.3 Å². The molecule has 1 N–H and O–H groups in total. The average Bonchev–Trinajstić information content (AvgIpc) is 2.88. The van der Waals surface area contributed by atoms with E-state index in [0.717, 1.165) is 22.8 Å². The largest absolute Gasteiger partial charge is 0.302 e. The van der Waals surface area contributed by atoms with Crippen molar-refractivity contribution >= 4 is 21.6 Å². The molecule has 1 atom stereocenters. The summed E-state index contributed by atoms with van der Waals surface area (Å²) in [5.41, 5.74) is 2.14. The molecule has 1 aromatic carbocycles. The number of thiazole rings is 1. The van der Waals surface area contributed by atoms with Crippen LogP contribution in [0.5, 0.6) is 0 Å². The van der Waals surface area contributed by atoms with Gasteiger partial charge in [0.15, 0.2) is 0 Å². The van der Waals surface area contributed by atoms with E-state index >= 15 is 0 Å². The van der Waals surface area contributed by atoms with Gasteiger partial charge in [0.05, 0.1) is 15.9 Å². The van der Waals surface area contributed by atoms with Gasteiger partial charge in [0.25, 0.3) is 0 Å². The van der Waals surface area contributed by atoms with Gasteiger partial charge < -0.3 is 5.32 Å². The molecule has 1 unspecified atom stereocenters. The van der Waals surface area contributed by atoms with E-state index < -0.39 is 0 Å². The number of rotatable bonds is 4. The third-order valence-corrected chi connectivity index (χ3v) is 4.07. The second-order valence-corrected chi connectivity index (χ2v) is 5.55. The Kier molecular flexibility index (Phi) is 3.53. The predicted molar refractivity (Wildman–Crippen MR) is 79.1 cm³/mol. The topological polar surface area (TPSA) is 37.8 Å². The predicted octanol–water partition coefficient (Wildman–Crippen LogP) is 3.54. The van der Waals surface area contributed by atoms with Gasteiger partial charge in [-0.15, -0.1) is 11.3 Å². The molecule has 0 aliphatic heterocycles. The second kappa shape index (κ2) is 5.47. The second-order valence-electron chi connectivity index (χ2n) is 4.43. The van der Waals surface area contributed by atoms with Crippen molar-refractivity contribution < 1.29 is 0 Å². The van der Waals surface area contributed by atoms with Crippen molar-refractivity contribution in [2.75, 3.05) is 0 Å². The highest BCUT2D eigenvalue weighted by Gasteiger charge is 2.07. The van der Waals surface area contributed by atoms with E-state index in [1.807, 2.05) is 36.5 Å². The van der Waals surface area contributed by atoms with E-state index in [2.05, 4.69) is 34.3 Å². The Morgan fingerprint density at radius 1 is 1.16 bits per heavy atom. The zero-order valence-electron chi connectivity index (χ0n) is 10.7. The highest BCUT2D eigenvalue weighted by molar-refractivity contribution is 7.18. The zero-order valence-corrected chi connectivity index (χ0v) is 11.5. The number of hydrogen-bond donors (Lipinski definition) is 1. The first-order chi connectivity index (χ1) is 9.33. The summed E-state index contributed by atoms with van der Waals surface area (Å²) in [7, 11) is 0. The molecule has 0 radical (unpaired) electrons. The number of fused-ring (bicyclic) bond motifs is 1. The molecule has 0 aliphatic rings. The van der Waals surface area contributed by atoms with Crippen LogP contribution < -0.4 is 5.32 Å². The fraction of sp³-hybridized carbons (Fsp3) is 0.200. The SMILES string of the molecule is CC(NCc1nc2ccccc2s1)c1ccccn1. The Morgan fingerprint density at radius 2 is 2.00 bits per heavy atom. The summed E-state index contributed by atoms with van der Waals surface area (Å²) in [6.07, 6.45) is 1.82. The molecule has 0 fully saturated rings. The number of aromatic nitrogens is 2. The molecule has 19 heavy (non-hydrogen) atoms. The van der Waals surface area contributed by atoms with Gasteiger partial charge in [-0.05, 0) is 31.2 Å². The number of nitrogens with zero attached hydrogens (tertiary/aromatic N) is 2. The van der Waals surface area contributed by atoms with Gasteiger partial charge in [0, 0.05) is 18.8 Å². The van der Waals surface area contributed by atoms with Crippen molar-refractivity contribution in [2.24, 2.45) is 0 Å². The van der Waals surface area contributed by atoms with E-state index in [1.165, 1.54) is 4.70 Å². The van der Waals surface area contributed by atoms with Gasteiger partial charge in [0.1, 0.15) is 5.01 Å². The van der Waals surface area contributed by atoms with E-state index in [4.69, 9.17) is 0 Å². The fourth-order valence-corrected chi connectivity index (χ4v) is 2.89. The number of para-hydroxylation sites is 1. The van der Waals surface area contributed by atoms with E-state index in [9.17, 15) is 0 Å². The third kappa shape index (κ3) is 2.80. The highest BCUT2D eigenvalue weighted by atomic mass is 32.1. The van der Waals surface area contributed by atoms with E-state index in [1.54, 1.807) is 11.3 Å². The summed E-state index contributed by atoms with van der Waals surface area (Å²) in [6.45, 7) is 2.90. The van der Waals surface area contributed by atoms with Gasteiger partial charge in [0.2, 0.25) is 0 Å². The van der Waals surface area contributed by atoms with Crippen molar-refractivity contribution in [2.45, 2.75) is 19.5 Å². The summed E-state index contributed by atoms with van der Waals surface area (Å²) in [5, 5.41) is 4.58. The first-order valence-corrected chi connectivity index (χ1v) is 7.13. The highest BCUT2D eigenvalue weighted by Crippen LogP contribution is 2.21. The summed E-state index contributed by atoms with van der Waals surface area (Å²) < 4.78 is 1.24. The van der Waals surface area contributed by atoms with Crippen LogP contribution in [0.4, 0.5) is 0 Å². The van der Waals surface area contributed by atoms with Crippen LogP contribution in [-0.2, 0) is 6.54 Å². The molecule has 4 heteroatoms. The maximum Gasteiger partial charge on any atom is 0.108 e. The lowest BCUT2D eigenvalue weighted by atomic mass is 10.2. The number of pyridine rings is 1. The minimum atomic E-state index is 0.230. The summed E-state index contributed by atoms with van der Waals surface area (Å²) >= 11 is 1.74. The smallest absolute Gasteiger partial charge is 0.108 e. The third-order valence-electron chi connectivity index (χ3n) is 3.03.